The summed E-state index contributed by atoms with van der Waals surface area (Å²) in [5.74, 6) is 1.30. The molecule has 0 heterocycles. The van der Waals surface area contributed by atoms with Crippen LogP contribution in [0.3, 0.4) is 0 Å². The molecule has 0 radical (unpaired) electrons. The summed E-state index contributed by atoms with van der Waals surface area (Å²) in [5.41, 5.74) is 0.164. The average molecular weight is 161 g/mol. The van der Waals surface area contributed by atoms with E-state index in [0.717, 1.165) is 5.92 Å². The van der Waals surface area contributed by atoms with Gasteiger partial charge in [-0.05, 0) is 30.6 Å². The van der Waals surface area contributed by atoms with E-state index in [0.29, 0.717) is 11.3 Å². The molecule has 3 aliphatic rings. The molecular weight excluding hydrogens is 146 g/mol. The Balaban J connectivity index is 2.41. The van der Waals surface area contributed by atoms with E-state index < -0.39 is 0 Å². The Morgan fingerprint density at radius 3 is 2.42 bits per heavy atom. The quantitative estimate of drug-likeness (QED) is 0.501. The van der Waals surface area contributed by atoms with Gasteiger partial charge in [-0.25, -0.2) is 0 Å². The van der Waals surface area contributed by atoms with Gasteiger partial charge in [-0.1, -0.05) is 26.0 Å². The third kappa shape index (κ3) is 0.684. The van der Waals surface area contributed by atoms with Crippen molar-refractivity contribution < 1.29 is 0 Å². The largest absolute Gasteiger partial charge is 0.197 e. The standard InChI is InChI=1S/C11H15N/c1-10(2)8-4-5-11(3,7-12)9(10)6-8/h4-5,8-9H,6H2,1-3H3/t8?,9-,11?/m1/s1. The summed E-state index contributed by atoms with van der Waals surface area (Å²) in [5, 5.41) is 9.08. The lowest BCUT2D eigenvalue weighted by molar-refractivity contribution is -0.0499. The molecule has 0 aromatic heterocycles. The molecule has 2 unspecified atom stereocenters. The van der Waals surface area contributed by atoms with E-state index in [1.54, 1.807) is 0 Å². The van der Waals surface area contributed by atoms with E-state index in [4.69, 9.17) is 5.26 Å². The van der Waals surface area contributed by atoms with Crippen molar-refractivity contribution in [2.24, 2.45) is 22.7 Å². The first-order chi connectivity index (χ1) is 5.50. The summed E-state index contributed by atoms with van der Waals surface area (Å²) in [7, 11) is 0. The molecule has 3 atom stereocenters. The van der Waals surface area contributed by atoms with Crippen molar-refractivity contribution in [3.63, 3.8) is 0 Å². The summed E-state index contributed by atoms with van der Waals surface area (Å²) in [6.45, 7) is 6.63. The molecule has 3 rings (SSSR count). The van der Waals surface area contributed by atoms with Crippen LogP contribution in [-0.2, 0) is 0 Å². The second-order valence-electron chi connectivity index (χ2n) is 4.97. The number of fused-ring (bicyclic) bond motifs is 1. The van der Waals surface area contributed by atoms with Crippen molar-refractivity contribution in [1.29, 1.82) is 5.26 Å². The number of hydrogen-bond acceptors (Lipinski definition) is 1. The van der Waals surface area contributed by atoms with Crippen molar-refractivity contribution in [2.45, 2.75) is 27.2 Å². The maximum Gasteiger partial charge on any atom is 0.0759 e. The maximum absolute atomic E-state index is 9.08. The minimum Gasteiger partial charge on any atom is -0.197 e. The average Bonchev–Trinajstić information content (AvgIpc) is 2.04. The minimum atomic E-state index is -0.196. The van der Waals surface area contributed by atoms with Gasteiger partial charge in [0, 0.05) is 0 Å². The number of rotatable bonds is 0. The highest BCUT2D eigenvalue weighted by Crippen LogP contribution is 2.62. The van der Waals surface area contributed by atoms with Gasteiger partial charge in [0.25, 0.3) is 0 Å². The summed E-state index contributed by atoms with van der Waals surface area (Å²) < 4.78 is 0. The van der Waals surface area contributed by atoms with Gasteiger partial charge in [0.2, 0.25) is 0 Å². The first kappa shape index (κ1) is 7.86. The van der Waals surface area contributed by atoms with Crippen molar-refractivity contribution in [3.8, 4) is 6.07 Å². The zero-order valence-electron chi connectivity index (χ0n) is 7.96. The maximum atomic E-state index is 9.08. The topological polar surface area (TPSA) is 23.8 Å². The van der Waals surface area contributed by atoms with Gasteiger partial charge >= 0.3 is 0 Å². The van der Waals surface area contributed by atoms with Gasteiger partial charge in [-0.3, -0.25) is 0 Å². The van der Waals surface area contributed by atoms with Crippen molar-refractivity contribution in [2.75, 3.05) is 0 Å². The Labute approximate surface area is 74.1 Å². The van der Waals surface area contributed by atoms with E-state index in [-0.39, 0.29) is 5.41 Å². The molecule has 0 amide bonds. The summed E-state index contributed by atoms with van der Waals surface area (Å²) in [6.07, 6.45) is 5.56. The first-order valence-electron chi connectivity index (χ1n) is 4.61. The fourth-order valence-electron chi connectivity index (χ4n) is 2.85. The molecule has 0 saturated heterocycles. The zero-order chi connectivity index (χ0) is 8.98. The van der Waals surface area contributed by atoms with Crippen LogP contribution in [0.15, 0.2) is 12.2 Å². The predicted molar refractivity (Wildman–Crippen MR) is 48.2 cm³/mol. The highest BCUT2D eigenvalue weighted by molar-refractivity contribution is 5.27. The molecule has 64 valence electrons. The van der Waals surface area contributed by atoms with Crippen molar-refractivity contribution in [1.82, 2.24) is 0 Å². The number of nitriles is 1. The van der Waals surface area contributed by atoms with E-state index in [9.17, 15) is 0 Å². The normalized spacial score (nSPS) is 47.8. The Bertz CT molecular complexity index is 282. The highest BCUT2D eigenvalue weighted by atomic mass is 14.6. The molecule has 0 aliphatic heterocycles. The zero-order valence-corrected chi connectivity index (χ0v) is 7.96. The van der Waals surface area contributed by atoms with E-state index >= 15 is 0 Å². The molecule has 1 fully saturated rings. The Morgan fingerprint density at radius 2 is 2.08 bits per heavy atom. The lowest BCUT2D eigenvalue weighted by Crippen LogP contribution is -2.53. The fourth-order valence-corrected chi connectivity index (χ4v) is 2.85. The van der Waals surface area contributed by atoms with E-state index in [1.807, 2.05) is 0 Å². The molecule has 0 aromatic rings. The van der Waals surface area contributed by atoms with Crippen LogP contribution in [0.4, 0.5) is 0 Å². The molecule has 0 N–H and O–H groups in total. The second kappa shape index (κ2) is 1.93. The van der Waals surface area contributed by atoms with Gasteiger partial charge in [0.05, 0.1) is 11.5 Å². The van der Waals surface area contributed by atoms with Gasteiger partial charge in [-0.15, -0.1) is 0 Å². The lowest BCUT2D eigenvalue weighted by Gasteiger charge is -2.59. The van der Waals surface area contributed by atoms with Gasteiger partial charge < -0.3 is 0 Å². The van der Waals surface area contributed by atoms with Crippen molar-refractivity contribution in [3.05, 3.63) is 12.2 Å². The van der Waals surface area contributed by atoms with Gasteiger partial charge in [0.15, 0.2) is 0 Å². The van der Waals surface area contributed by atoms with Crippen LogP contribution in [0.25, 0.3) is 0 Å². The Hall–Kier alpha value is -0.770. The number of nitrogens with zero attached hydrogens (tertiary/aromatic N) is 1. The Kier molecular flexibility index (Phi) is 1.27. The summed E-state index contributed by atoms with van der Waals surface area (Å²) in [6, 6.07) is 2.44. The number of hydrogen-bond donors (Lipinski definition) is 0. The summed E-state index contributed by atoms with van der Waals surface area (Å²) >= 11 is 0. The molecule has 1 heteroatoms. The Morgan fingerprint density at radius 1 is 1.42 bits per heavy atom. The molecule has 3 aliphatic carbocycles. The molecule has 1 nitrogen and oxygen atoms in total. The van der Waals surface area contributed by atoms with Crippen molar-refractivity contribution >= 4 is 0 Å². The molecule has 0 aromatic carbocycles. The predicted octanol–water partition coefficient (Wildman–Crippen LogP) is 2.75. The molecule has 0 spiro atoms. The van der Waals surface area contributed by atoms with Crippen LogP contribution in [0.1, 0.15) is 27.2 Å². The van der Waals surface area contributed by atoms with Crippen LogP contribution in [-0.4, -0.2) is 0 Å². The smallest absolute Gasteiger partial charge is 0.0759 e. The minimum absolute atomic E-state index is 0.196. The van der Waals surface area contributed by atoms with E-state index in [2.05, 4.69) is 39.0 Å². The fraction of sp³-hybridized carbons (Fsp3) is 0.727. The molecule has 2 bridgehead atoms. The summed E-state index contributed by atoms with van der Waals surface area (Å²) in [4.78, 5) is 0. The highest BCUT2D eigenvalue weighted by Gasteiger charge is 2.57. The molecule has 1 saturated carbocycles. The first-order valence-corrected chi connectivity index (χ1v) is 4.61. The van der Waals surface area contributed by atoms with E-state index in [1.165, 1.54) is 6.42 Å². The lowest BCUT2D eigenvalue weighted by atomic mass is 9.44. The second-order valence-corrected chi connectivity index (χ2v) is 4.97. The number of allylic oxidation sites excluding steroid dienone is 2. The third-order valence-corrected chi connectivity index (χ3v) is 3.98. The SMILES string of the molecule is CC1(C#N)C=CC2C[C@@H]1C2(C)C. The van der Waals surface area contributed by atoms with Crippen LogP contribution in [0.5, 0.6) is 0 Å². The van der Waals surface area contributed by atoms with Crippen LogP contribution >= 0.6 is 0 Å². The molecule has 12 heavy (non-hydrogen) atoms. The van der Waals surface area contributed by atoms with Gasteiger partial charge in [-0.2, -0.15) is 5.26 Å². The monoisotopic (exact) mass is 161 g/mol. The third-order valence-electron chi connectivity index (χ3n) is 3.98. The van der Waals surface area contributed by atoms with Crippen LogP contribution in [0.2, 0.25) is 0 Å². The van der Waals surface area contributed by atoms with Crippen LogP contribution in [0, 0.1) is 34.0 Å². The van der Waals surface area contributed by atoms with Crippen LogP contribution < -0.4 is 0 Å². The molecular formula is C11H15N. The van der Waals surface area contributed by atoms with Gasteiger partial charge in [0.1, 0.15) is 0 Å².